The fraction of sp³-hybridized carbons (Fsp3) is 0.300. The molecule has 2 aromatic rings. The summed E-state index contributed by atoms with van der Waals surface area (Å²) in [7, 11) is 0. The number of piperazine rings is 1. The molecule has 0 aliphatic carbocycles. The van der Waals surface area contributed by atoms with Gasteiger partial charge in [0.15, 0.2) is 0 Å². The van der Waals surface area contributed by atoms with Gasteiger partial charge in [-0.2, -0.15) is 0 Å². The Kier molecular flexibility index (Phi) is 7.63. The molecule has 5 nitrogen and oxygen atoms in total. The molecule has 1 unspecified atom stereocenters. The first kappa shape index (κ1) is 19.9. The van der Waals surface area contributed by atoms with E-state index < -0.39 is 6.04 Å². The molecule has 1 aliphatic rings. The molecule has 0 saturated carbocycles. The fourth-order valence-corrected chi connectivity index (χ4v) is 2.99. The minimum atomic E-state index is -0.562. The van der Waals surface area contributed by atoms with Crippen molar-refractivity contribution < 1.29 is 9.59 Å². The van der Waals surface area contributed by atoms with Crippen molar-refractivity contribution in [1.29, 1.82) is 0 Å². The van der Waals surface area contributed by atoms with Gasteiger partial charge in [0.1, 0.15) is 6.04 Å². The minimum absolute atomic E-state index is 0. The van der Waals surface area contributed by atoms with Crippen molar-refractivity contribution in [1.82, 2.24) is 15.5 Å². The third-order valence-electron chi connectivity index (χ3n) is 4.35. The molecule has 0 radical (unpaired) electrons. The number of hydrogen-bond acceptors (Lipinski definition) is 3. The second-order valence-electron chi connectivity index (χ2n) is 6.16. The first-order valence-electron chi connectivity index (χ1n) is 8.63. The molecule has 2 N–H and O–H groups in total. The number of benzene rings is 2. The van der Waals surface area contributed by atoms with E-state index in [1.54, 1.807) is 12.1 Å². The second kappa shape index (κ2) is 9.94. The van der Waals surface area contributed by atoms with Crippen molar-refractivity contribution in [3.63, 3.8) is 0 Å². The zero-order chi connectivity index (χ0) is 17.5. The van der Waals surface area contributed by atoms with Gasteiger partial charge in [0.2, 0.25) is 5.91 Å². The number of hydrogen-bond donors (Lipinski definition) is 2. The van der Waals surface area contributed by atoms with Gasteiger partial charge in [0, 0.05) is 38.2 Å². The van der Waals surface area contributed by atoms with Crippen molar-refractivity contribution in [2.45, 2.75) is 12.5 Å². The van der Waals surface area contributed by atoms with Gasteiger partial charge in [-0.3, -0.25) is 9.59 Å². The molecule has 3 rings (SSSR count). The molecular formula is C20H24ClN3O2. The van der Waals surface area contributed by atoms with Crippen molar-refractivity contribution in [2.75, 3.05) is 26.2 Å². The van der Waals surface area contributed by atoms with E-state index in [1.165, 1.54) is 0 Å². The lowest BCUT2D eigenvalue weighted by atomic mass is 10.0. The highest BCUT2D eigenvalue weighted by molar-refractivity contribution is 5.97. The molecule has 138 valence electrons. The maximum Gasteiger partial charge on any atom is 0.251 e. The molecule has 26 heavy (non-hydrogen) atoms. The summed E-state index contributed by atoms with van der Waals surface area (Å²) in [6.07, 6.45) is 0.488. The lowest BCUT2D eigenvalue weighted by molar-refractivity contribution is -0.133. The molecule has 1 heterocycles. The highest BCUT2D eigenvalue weighted by Crippen LogP contribution is 2.09. The quantitative estimate of drug-likeness (QED) is 0.841. The number of rotatable bonds is 5. The maximum absolute atomic E-state index is 13.0. The van der Waals surface area contributed by atoms with Crippen LogP contribution in [-0.4, -0.2) is 48.9 Å². The summed E-state index contributed by atoms with van der Waals surface area (Å²) < 4.78 is 0. The van der Waals surface area contributed by atoms with Gasteiger partial charge in [0.25, 0.3) is 5.91 Å². The summed E-state index contributed by atoms with van der Waals surface area (Å²) in [5.41, 5.74) is 1.60. The van der Waals surface area contributed by atoms with Crippen molar-refractivity contribution in [3.05, 3.63) is 71.8 Å². The average molecular weight is 374 g/mol. The monoisotopic (exact) mass is 373 g/mol. The minimum Gasteiger partial charge on any atom is -0.340 e. The van der Waals surface area contributed by atoms with Crippen LogP contribution in [0.2, 0.25) is 0 Å². The summed E-state index contributed by atoms with van der Waals surface area (Å²) in [5, 5.41) is 6.17. The first-order chi connectivity index (χ1) is 12.2. The molecule has 0 aromatic heterocycles. The number of halogens is 1. The standard InChI is InChI=1S/C20H23N3O2.ClH/c24-19(17-9-5-2-6-10-17)22-18(15-16-7-3-1-4-8-16)20(25)23-13-11-21-12-14-23;/h1-10,18,21H,11-15H2,(H,22,24);1H. The number of carbonyl (C=O) groups excluding carboxylic acids is 2. The Hall–Kier alpha value is -2.37. The number of nitrogens with one attached hydrogen (secondary N) is 2. The first-order valence-corrected chi connectivity index (χ1v) is 8.63. The predicted molar refractivity (Wildman–Crippen MR) is 105 cm³/mol. The molecule has 1 aliphatic heterocycles. The van der Waals surface area contributed by atoms with E-state index in [4.69, 9.17) is 0 Å². The Labute approximate surface area is 160 Å². The van der Waals surface area contributed by atoms with E-state index >= 15 is 0 Å². The Balaban J connectivity index is 0.00000243. The van der Waals surface area contributed by atoms with Crippen molar-refractivity contribution in [3.8, 4) is 0 Å². The summed E-state index contributed by atoms with van der Waals surface area (Å²) in [5.74, 6) is -0.236. The summed E-state index contributed by atoms with van der Waals surface area (Å²) in [4.78, 5) is 27.3. The van der Waals surface area contributed by atoms with Crippen LogP contribution in [0.3, 0.4) is 0 Å². The highest BCUT2D eigenvalue weighted by Gasteiger charge is 2.27. The van der Waals surface area contributed by atoms with Gasteiger partial charge in [0.05, 0.1) is 0 Å². The smallest absolute Gasteiger partial charge is 0.251 e. The van der Waals surface area contributed by atoms with Gasteiger partial charge in [-0.25, -0.2) is 0 Å². The SMILES string of the molecule is Cl.O=C(NC(Cc1ccccc1)C(=O)N1CCNCC1)c1ccccc1. The topological polar surface area (TPSA) is 61.4 Å². The van der Waals surface area contributed by atoms with Crippen molar-refractivity contribution >= 4 is 24.2 Å². The van der Waals surface area contributed by atoms with Crippen LogP contribution in [-0.2, 0) is 11.2 Å². The second-order valence-corrected chi connectivity index (χ2v) is 6.16. The zero-order valence-electron chi connectivity index (χ0n) is 14.6. The largest absolute Gasteiger partial charge is 0.340 e. The molecule has 0 bridgehead atoms. The normalized spacial score (nSPS) is 14.8. The molecule has 1 saturated heterocycles. The fourth-order valence-electron chi connectivity index (χ4n) is 2.99. The molecule has 6 heteroatoms. The van der Waals surface area contributed by atoms with Crippen molar-refractivity contribution in [2.24, 2.45) is 0 Å². The average Bonchev–Trinajstić information content (AvgIpc) is 2.69. The van der Waals surface area contributed by atoms with Crippen LogP contribution in [0.4, 0.5) is 0 Å². The molecular weight excluding hydrogens is 350 g/mol. The van der Waals surface area contributed by atoms with Crippen LogP contribution in [0, 0.1) is 0 Å². The Bertz CT molecular complexity index is 704. The number of amides is 2. The molecule has 2 aromatic carbocycles. The Morgan fingerprint density at radius 1 is 0.962 bits per heavy atom. The van der Waals surface area contributed by atoms with Gasteiger partial charge < -0.3 is 15.5 Å². The van der Waals surface area contributed by atoms with E-state index in [0.717, 1.165) is 18.7 Å². The van der Waals surface area contributed by atoms with Crippen LogP contribution in [0.5, 0.6) is 0 Å². The Morgan fingerprint density at radius 3 is 2.15 bits per heavy atom. The van der Waals surface area contributed by atoms with Crippen LogP contribution >= 0.6 is 12.4 Å². The van der Waals surface area contributed by atoms with Crippen LogP contribution in [0.25, 0.3) is 0 Å². The van der Waals surface area contributed by atoms with Gasteiger partial charge in [-0.05, 0) is 17.7 Å². The number of nitrogens with zero attached hydrogens (tertiary/aromatic N) is 1. The zero-order valence-corrected chi connectivity index (χ0v) is 15.4. The van der Waals surface area contributed by atoms with E-state index in [1.807, 2.05) is 53.4 Å². The third kappa shape index (κ3) is 5.31. The Morgan fingerprint density at radius 2 is 1.54 bits per heavy atom. The van der Waals surface area contributed by atoms with E-state index in [2.05, 4.69) is 10.6 Å². The molecule has 1 atom stereocenters. The maximum atomic E-state index is 13.0. The predicted octanol–water partition coefficient (Wildman–Crippen LogP) is 1.88. The molecule has 0 spiro atoms. The molecule has 2 amide bonds. The van der Waals surface area contributed by atoms with E-state index in [0.29, 0.717) is 25.1 Å². The van der Waals surface area contributed by atoms with Crippen LogP contribution in [0.15, 0.2) is 60.7 Å². The summed E-state index contributed by atoms with van der Waals surface area (Å²) in [6.45, 7) is 2.92. The third-order valence-corrected chi connectivity index (χ3v) is 4.35. The molecule has 1 fully saturated rings. The van der Waals surface area contributed by atoms with Gasteiger partial charge in [-0.15, -0.1) is 12.4 Å². The van der Waals surface area contributed by atoms with Crippen LogP contribution in [0.1, 0.15) is 15.9 Å². The van der Waals surface area contributed by atoms with E-state index in [-0.39, 0.29) is 24.2 Å². The summed E-state index contributed by atoms with van der Waals surface area (Å²) >= 11 is 0. The van der Waals surface area contributed by atoms with Crippen LogP contribution < -0.4 is 10.6 Å². The lowest BCUT2D eigenvalue weighted by Gasteiger charge is -2.31. The van der Waals surface area contributed by atoms with Gasteiger partial charge >= 0.3 is 0 Å². The summed E-state index contributed by atoms with van der Waals surface area (Å²) in [6, 6.07) is 18.2. The van der Waals surface area contributed by atoms with Gasteiger partial charge in [-0.1, -0.05) is 48.5 Å². The lowest BCUT2D eigenvalue weighted by Crippen LogP contribution is -2.54. The highest BCUT2D eigenvalue weighted by atomic mass is 35.5. The van der Waals surface area contributed by atoms with E-state index in [9.17, 15) is 9.59 Å². The number of carbonyl (C=O) groups is 2.